The average Bonchev–Trinajstić information content (AvgIpc) is 4.02. The van der Waals surface area contributed by atoms with Crippen LogP contribution < -0.4 is 15.7 Å². The van der Waals surface area contributed by atoms with Gasteiger partial charge in [0.05, 0.1) is 11.0 Å². The molecule has 5 heteroatoms. The van der Waals surface area contributed by atoms with Gasteiger partial charge in [-0.3, -0.25) is 0 Å². The molecule has 0 bridgehead atoms. The number of benzene rings is 8. The predicted molar refractivity (Wildman–Crippen MR) is 285 cm³/mol. The summed E-state index contributed by atoms with van der Waals surface area (Å²) in [4.78, 5) is 7.98. The van der Waals surface area contributed by atoms with E-state index in [-0.39, 0.29) is 28.5 Å². The molecule has 10 aromatic rings. The molecule has 0 N–H and O–H groups in total. The quantitative estimate of drug-likeness (QED) is 0.162. The van der Waals surface area contributed by atoms with E-state index >= 15 is 0 Å². The Balaban J connectivity index is 1.21. The van der Waals surface area contributed by atoms with Gasteiger partial charge in [0.25, 0.3) is 0 Å². The van der Waals surface area contributed by atoms with Gasteiger partial charge >= 0.3 is 6.85 Å². The third kappa shape index (κ3) is 5.04. The minimum Gasteiger partial charge on any atom is -0.436 e. The summed E-state index contributed by atoms with van der Waals surface area (Å²) >= 11 is 0. The van der Waals surface area contributed by atoms with Crippen LogP contribution in [0, 0.1) is 0 Å². The molecule has 4 aliphatic rings. The summed E-state index contributed by atoms with van der Waals surface area (Å²) in [5.74, 6) is 0.636. The number of aromatic nitrogens is 2. The molecule has 0 spiro atoms. The van der Waals surface area contributed by atoms with Crippen LogP contribution in [0.2, 0.25) is 0 Å². The van der Waals surface area contributed by atoms with Crippen LogP contribution in [0.4, 0.5) is 11.4 Å². The number of anilines is 2. The lowest BCUT2D eigenvalue weighted by atomic mass is 9.43. The Hall–Kier alpha value is -7.11. The van der Waals surface area contributed by atoms with Gasteiger partial charge in [-0.15, -0.1) is 0 Å². The number of oxazole rings is 1. The van der Waals surface area contributed by atoms with Crippen molar-refractivity contribution in [2.24, 2.45) is 0 Å². The van der Waals surface area contributed by atoms with Gasteiger partial charge in [0.2, 0.25) is 5.89 Å². The third-order valence-electron chi connectivity index (χ3n) is 16.5. The molecule has 330 valence electrons. The second kappa shape index (κ2) is 12.9. The summed E-state index contributed by atoms with van der Waals surface area (Å²) in [6, 6.07) is 55.3. The summed E-state index contributed by atoms with van der Waals surface area (Å²) in [6.07, 6.45) is 0. The van der Waals surface area contributed by atoms with Gasteiger partial charge in [-0.05, 0) is 138 Å². The Morgan fingerprint density at radius 1 is 0.559 bits per heavy atom. The van der Waals surface area contributed by atoms with E-state index in [4.69, 9.17) is 9.40 Å². The average molecular weight is 880 g/mol. The first kappa shape index (κ1) is 40.0. The fraction of sp³-hybridized carbons (Fsp3) is 0.222. The Morgan fingerprint density at radius 3 is 1.94 bits per heavy atom. The lowest BCUT2D eigenvalue weighted by molar-refractivity contribution is 0.590. The number of fused-ring (bicyclic) bond motifs is 17. The minimum absolute atomic E-state index is 0.00771. The van der Waals surface area contributed by atoms with Crippen LogP contribution in [0.25, 0.3) is 83.4 Å². The highest BCUT2D eigenvalue weighted by molar-refractivity contribution is 6.94. The molecule has 0 saturated carbocycles. The normalized spacial score (nSPS) is 15.7. The molecule has 4 nitrogen and oxygen atoms in total. The van der Waals surface area contributed by atoms with Gasteiger partial charge in [-0.1, -0.05) is 154 Å². The van der Waals surface area contributed by atoms with Crippen molar-refractivity contribution in [3.8, 4) is 50.5 Å². The molecule has 0 radical (unpaired) electrons. The zero-order chi connectivity index (χ0) is 46.6. The summed E-state index contributed by atoms with van der Waals surface area (Å²) in [6.45, 7) is 23.5. The van der Waals surface area contributed by atoms with Crippen LogP contribution in [0.15, 0.2) is 150 Å². The summed E-state index contributed by atoms with van der Waals surface area (Å²) in [5, 5.41) is 2.66. The molecule has 2 aromatic heterocycles. The standard InChI is InChI=1S/C63H54BN3O/c1-60(2,3)36-24-27-38(28-25-36)67-50-32-46-41(39-20-14-16-22-44(39)62(46,7)8)31-43(50)54-53-40-21-15-17-23-45(40)63(9,10)56(53)55-42-30-37(61(4,5)6)26-29-49(42)66-51-34-52-48(33-47(51)64(67)57(54)58(55)66)65-59(68-52)35-18-12-11-13-19-35/h11-34H,1-10H3. The van der Waals surface area contributed by atoms with E-state index in [1.807, 2.05) is 6.07 Å². The molecule has 0 unspecified atom stereocenters. The van der Waals surface area contributed by atoms with Crippen molar-refractivity contribution in [2.75, 3.05) is 4.81 Å². The molecule has 68 heavy (non-hydrogen) atoms. The van der Waals surface area contributed by atoms with Crippen LogP contribution in [-0.2, 0) is 21.7 Å². The number of rotatable bonds is 2. The van der Waals surface area contributed by atoms with Crippen molar-refractivity contribution in [2.45, 2.75) is 90.9 Å². The maximum atomic E-state index is 6.79. The molecule has 0 amide bonds. The van der Waals surface area contributed by atoms with Crippen molar-refractivity contribution in [3.05, 3.63) is 179 Å². The zero-order valence-electron chi connectivity index (χ0n) is 40.7. The summed E-state index contributed by atoms with van der Waals surface area (Å²) in [5.41, 5.74) is 27.0. The Morgan fingerprint density at radius 2 is 1.22 bits per heavy atom. The van der Waals surface area contributed by atoms with Crippen molar-refractivity contribution < 1.29 is 4.42 Å². The zero-order valence-corrected chi connectivity index (χ0v) is 40.7. The number of hydrogen-bond acceptors (Lipinski definition) is 3. The Kier molecular flexibility index (Phi) is 7.59. The lowest BCUT2D eigenvalue weighted by Crippen LogP contribution is -2.60. The second-order valence-corrected chi connectivity index (χ2v) is 23.2. The fourth-order valence-electron chi connectivity index (χ4n) is 13.0. The van der Waals surface area contributed by atoms with Crippen molar-refractivity contribution in [3.63, 3.8) is 0 Å². The van der Waals surface area contributed by atoms with E-state index in [0.29, 0.717) is 5.89 Å². The molecule has 14 rings (SSSR count). The summed E-state index contributed by atoms with van der Waals surface area (Å²) in [7, 11) is 0. The van der Waals surface area contributed by atoms with E-state index in [1.165, 1.54) is 111 Å². The first-order valence-electron chi connectivity index (χ1n) is 24.5. The van der Waals surface area contributed by atoms with Gasteiger partial charge in [-0.25, -0.2) is 4.98 Å². The molecule has 8 aromatic carbocycles. The van der Waals surface area contributed by atoms with E-state index in [1.54, 1.807) is 0 Å². The van der Waals surface area contributed by atoms with E-state index in [9.17, 15) is 0 Å². The number of nitrogens with zero attached hydrogens (tertiary/aromatic N) is 3. The van der Waals surface area contributed by atoms with Crippen molar-refractivity contribution in [1.82, 2.24) is 9.55 Å². The molecule has 0 atom stereocenters. The minimum atomic E-state index is -0.279. The van der Waals surface area contributed by atoms with E-state index in [2.05, 4.69) is 218 Å². The van der Waals surface area contributed by atoms with Crippen LogP contribution in [0.3, 0.4) is 0 Å². The molecule has 0 fully saturated rings. The van der Waals surface area contributed by atoms with E-state index < -0.39 is 0 Å². The van der Waals surface area contributed by atoms with Gasteiger partial charge in [0.15, 0.2) is 5.58 Å². The van der Waals surface area contributed by atoms with Crippen molar-refractivity contribution >= 4 is 62.1 Å². The predicted octanol–water partition coefficient (Wildman–Crippen LogP) is 15.0. The highest BCUT2D eigenvalue weighted by atomic mass is 16.3. The van der Waals surface area contributed by atoms with E-state index in [0.717, 1.165) is 22.4 Å². The molecule has 2 aliphatic heterocycles. The highest BCUT2D eigenvalue weighted by Gasteiger charge is 2.51. The summed E-state index contributed by atoms with van der Waals surface area (Å²) < 4.78 is 9.41. The smallest absolute Gasteiger partial charge is 0.333 e. The SMILES string of the molecule is CC(C)(C)c1ccc(N2B3c4cc5nc(-c6ccccc6)oc5cc4-n4c5ccc(C(C)(C)C)cc5c5c6c(c(c3c54)-c3cc4c(cc32)C(C)(C)c2ccccc2-4)-c2ccccc2C6(C)C)cc1. The molecule has 0 saturated heterocycles. The highest BCUT2D eigenvalue weighted by Crippen LogP contribution is 2.61. The molecular formula is C63H54BN3O. The maximum Gasteiger partial charge on any atom is 0.333 e. The fourth-order valence-corrected chi connectivity index (χ4v) is 13.0. The van der Waals surface area contributed by atoms with Gasteiger partial charge < -0.3 is 13.8 Å². The third-order valence-corrected chi connectivity index (χ3v) is 16.5. The van der Waals surface area contributed by atoms with Crippen LogP contribution in [-0.4, -0.2) is 16.4 Å². The van der Waals surface area contributed by atoms with Gasteiger partial charge in [0, 0.05) is 55.9 Å². The lowest BCUT2D eigenvalue weighted by Gasteiger charge is -2.43. The van der Waals surface area contributed by atoms with Crippen molar-refractivity contribution in [1.29, 1.82) is 0 Å². The van der Waals surface area contributed by atoms with Crippen LogP contribution in [0.5, 0.6) is 0 Å². The first-order valence-corrected chi connectivity index (χ1v) is 24.5. The first-order chi connectivity index (χ1) is 32.5. The monoisotopic (exact) mass is 879 g/mol. The van der Waals surface area contributed by atoms with Gasteiger partial charge in [0.1, 0.15) is 5.52 Å². The Bertz CT molecular complexity index is 3870. The van der Waals surface area contributed by atoms with Crippen LogP contribution >= 0.6 is 0 Å². The molecule has 4 heterocycles. The number of hydrogen-bond donors (Lipinski definition) is 0. The van der Waals surface area contributed by atoms with Gasteiger partial charge in [-0.2, -0.15) is 0 Å². The topological polar surface area (TPSA) is 34.2 Å². The second-order valence-electron chi connectivity index (χ2n) is 23.2. The molecule has 2 aliphatic carbocycles. The van der Waals surface area contributed by atoms with Crippen LogP contribution in [0.1, 0.15) is 103 Å². The Labute approximate surface area is 399 Å². The molecular weight excluding hydrogens is 826 g/mol. The maximum absolute atomic E-state index is 6.79. The largest absolute Gasteiger partial charge is 0.436 e.